The molecule has 1 saturated heterocycles. The van der Waals surface area contributed by atoms with Crippen LogP contribution in [0.25, 0.3) is 0 Å². The maximum Gasteiger partial charge on any atom is 0.332 e. The van der Waals surface area contributed by atoms with Crippen LogP contribution in [0.3, 0.4) is 0 Å². The Morgan fingerprint density at radius 3 is 2.68 bits per heavy atom. The fraction of sp³-hybridized carbons (Fsp3) is 0.765. The second-order valence-electron chi connectivity index (χ2n) is 6.72. The van der Waals surface area contributed by atoms with Crippen molar-refractivity contribution in [2.24, 2.45) is 17.8 Å². The highest BCUT2D eigenvalue weighted by Gasteiger charge is 2.60. The van der Waals surface area contributed by atoms with Crippen molar-refractivity contribution in [3.05, 3.63) is 11.0 Å². The normalized spacial score (nSPS) is 37.0. The Kier molecular flexibility index (Phi) is 5.31. The van der Waals surface area contributed by atoms with Gasteiger partial charge in [0.05, 0.1) is 47.9 Å². The smallest absolute Gasteiger partial charge is 0.332 e. The van der Waals surface area contributed by atoms with Crippen LogP contribution < -0.4 is 0 Å². The monoisotopic (exact) mass is 372 g/mol. The maximum atomic E-state index is 12.6. The van der Waals surface area contributed by atoms with E-state index in [1.165, 1.54) is 13.2 Å². The predicted molar refractivity (Wildman–Crippen MR) is 88.7 cm³/mol. The Hall–Kier alpha value is -1.25. The van der Waals surface area contributed by atoms with Gasteiger partial charge in [0.1, 0.15) is 0 Å². The van der Waals surface area contributed by atoms with E-state index >= 15 is 0 Å². The van der Waals surface area contributed by atoms with Gasteiger partial charge in [0.25, 0.3) is 0 Å². The van der Waals surface area contributed by atoms with E-state index in [0.717, 1.165) is 0 Å². The molecule has 140 valence electrons. The summed E-state index contributed by atoms with van der Waals surface area (Å²) in [4.78, 5) is 24.8. The van der Waals surface area contributed by atoms with Crippen molar-refractivity contribution in [2.75, 3.05) is 26.1 Å². The Morgan fingerprint density at radius 2 is 2.08 bits per heavy atom. The van der Waals surface area contributed by atoms with Gasteiger partial charge in [-0.15, -0.1) is 0 Å². The average Bonchev–Trinajstić information content (AvgIpc) is 3.22. The highest BCUT2D eigenvalue weighted by Crippen LogP contribution is 2.52. The molecule has 2 heterocycles. The number of carbonyl (C=O) groups is 2. The molecule has 1 saturated carbocycles. The number of esters is 2. The van der Waals surface area contributed by atoms with E-state index in [9.17, 15) is 13.8 Å². The van der Waals surface area contributed by atoms with Crippen LogP contribution in [-0.4, -0.2) is 54.1 Å². The van der Waals surface area contributed by atoms with Gasteiger partial charge in [0.2, 0.25) is 0 Å². The van der Waals surface area contributed by atoms with Gasteiger partial charge in [-0.1, -0.05) is 13.8 Å². The lowest BCUT2D eigenvalue weighted by Crippen LogP contribution is -2.54. The maximum absolute atomic E-state index is 12.6. The van der Waals surface area contributed by atoms with Gasteiger partial charge in [-0.2, -0.15) is 0 Å². The van der Waals surface area contributed by atoms with Crippen LogP contribution in [0.4, 0.5) is 0 Å². The molecule has 3 rings (SSSR count). The third-order valence-electron chi connectivity index (χ3n) is 5.36. The van der Waals surface area contributed by atoms with Crippen LogP contribution in [-0.2, 0) is 39.3 Å². The first-order valence-electron chi connectivity index (χ1n) is 8.57. The lowest BCUT2D eigenvalue weighted by Gasteiger charge is -2.47. The summed E-state index contributed by atoms with van der Waals surface area (Å²) in [5, 5.41) is 0. The van der Waals surface area contributed by atoms with Crippen molar-refractivity contribution in [2.45, 2.75) is 38.6 Å². The van der Waals surface area contributed by atoms with Crippen LogP contribution in [0.2, 0.25) is 0 Å². The van der Waals surface area contributed by atoms with Crippen LogP contribution in [0.5, 0.6) is 0 Å². The van der Waals surface area contributed by atoms with Gasteiger partial charge in [-0.25, -0.2) is 4.79 Å². The SMILES string of the molecule is CCS(=O)C1=CC(=O)O[C@]12C[C@@H](C)[C@@H](C(=O)OC)C[C@H]2C1OCCO1. The molecule has 1 spiro atoms. The summed E-state index contributed by atoms with van der Waals surface area (Å²) < 4.78 is 34.7. The highest BCUT2D eigenvalue weighted by atomic mass is 32.2. The zero-order chi connectivity index (χ0) is 18.2. The minimum absolute atomic E-state index is 0.0896. The number of methoxy groups -OCH3 is 1. The van der Waals surface area contributed by atoms with Crippen LogP contribution in [0.15, 0.2) is 11.0 Å². The number of hydrogen-bond donors (Lipinski definition) is 0. The van der Waals surface area contributed by atoms with Gasteiger partial charge in [-0.3, -0.25) is 9.00 Å². The molecule has 1 aliphatic carbocycles. The molecule has 0 bridgehead atoms. The molecule has 0 aromatic carbocycles. The molecule has 2 fully saturated rings. The van der Waals surface area contributed by atoms with Gasteiger partial charge >= 0.3 is 11.9 Å². The van der Waals surface area contributed by atoms with E-state index in [0.29, 0.717) is 36.7 Å². The van der Waals surface area contributed by atoms with E-state index in [1.807, 2.05) is 6.92 Å². The lowest BCUT2D eigenvalue weighted by atomic mass is 9.65. The first kappa shape index (κ1) is 18.5. The van der Waals surface area contributed by atoms with Crippen molar-refractivity contribution in [1.82, 2.24) is 0 Å². The summed E-state index contributed by atoms with van der Waals surface area (Å²) in [6.07, 6.45) is 1.53. The molecule has 0 N–H and O–H groups in total. The summed E-state index contributed by atoms with van der Waals surface area (Å²) in [5.74, 6) is -1.24. The number of hydrogen-bond acceptors (Lipinski definition) is 7. The van der Waals surface area contributed by atoms with Crippen LogP contribution in [0, 0.1) is 17.8 Å². The van der Waals surface area contributed by atoms with Crippen molar-refractivity contribution >= 4 is 22.7 Å². The minimum Gasteiger partial charge on any atom is -0.469 e. The fourth-order valence-electron chi connectivity index (χ4n) is 4.19. The molecule has 3 aliphatic rings. The third kappa shape index (κ3) is 3.15. The van der Waals surface area contributed by atoms with Crippen molar-refractivity contribution in [3.8, 4) is 0 Å². The molecule has 2 aliphatic heterocycles. The number of carbonyl (C=O) groups excluding carboxylic acids is 2. The largest absolute Gasteiger partial charge is 0.469 e. The number of ether oxygens (including phenoxy) is 4. The van der Waals surface area contributed by atoms with Gasteiger partial charge in [0, 0.05) is 11.8 Å². The molecule has 1 unspecified atom stereocenters. The molecule has 0 amide bonds. The zero-order valence-electron chi connectivity index (χ0n) is 14.7. The molecule has 25 heavy (non-hydrogen) atoms. The number of rotatable bonds is 4. The molecule has 0 radical (unpaired) electrons. The first-order chi connectivity index (χ1) is 11.9. The van der Waals surface area contributed by atoms with E-state index < -0.39 is 34.6 Å². The third-order valence-corrected chi connectivity index (χ3v) is 6.83. The van der Waals surface area contributed by atoms with E-state index in [2.05, 4.69) is 0 Å². The quantitative estimate of drug-likeness (QED) is 0.684. The van der Waals surface area contributed by atoms with E-state index in [4.69, 9.17) is 18.9 Å². The Bertz CT molecular complexity index is 610. The summed E-state index contributed by atoms with van der Waals surface area (Å²) >= 11 is 0. The van der Waals surface area contributed by atoms with Gasteiger partial charge in [-0.05, 0) is 18.8 Å². The first-order valence-corrected chi connectivity index (χ1v) is 9.89. The Morgan fingerprint density at radius 1 is 1.40 bits per heavy atom. The zero-order valence-corrected chi connectivity index (χ0v) is 15.5. The molecule has 7 nitrogen and oxygen atoms in total. The summed E-state index contributed by atoms with van der Waals surface area (Å²) in [5.41, 5.74) is -1.04. The molecule has 0 aromatic rings. The highest BCUT2D eigenvalue weighted by molar-refractivity contribution is 7.89. The predicted octanol–water partition coefficient (Wildman–Crippen LogP) is 1.14. The van der Waals surface area contributed by atoms with E-state index in [-0.39, 0.29) is 17.8 Å². The topological polar surface area (TPSA) is 88.1 Å². The van der Waals surface area contributed by atoms with Crippen LogP contribution in [0.1, 0.15) is 26.7 Å². The summed E-state index contributed by atoms with van der Waals surface area (Å²) in [6, 6.07) is 0. The molecular formula is C17H24O7S. The fourth-order valence-corrected chi connectivity index (χ4v) is 5.39. The molecular weight excluding hydrogens is 348 g/mol. The van der Waals surface area contributed by atoms with Gasteiger partial charge in [0.15, 0.2) is 11.9 Å². The average molecular weight is 372 g/mol. The second-order valence-corrected chi connectivity index (χ2v) is 8.42. The molecule has 8 heteroatoms. The Labute approximate surface area is 149 Å². The second kappa shape index (κ2) is 7.17. The van der Waals surface area contributed by atoms with Crippen molar-refractivity contribution in [3.63, 3.8) is 0 Å². The molecule has 0 aromatic heterocycles. The van der Waals surface area contributed by atoms with Crippen molar-refractivity contribution in [1.29, 1.82) is 0 Å². The Balaban J connectivity index is 2.00. The van der Waals surface area contributed by atoms with Crippen molar-refractivity contribution < 1.29 is 32.7 Å². The standard InChI is InChI=1S/C17H24O7S/c1-4-25(20)13-8-14(18)24-17(13)9-10(2)11(15(19)21-3)7-12(17)16-22-5-6-23-16/h8,10-12,16H,4-7,9H2,1-3H3/t10-,11+,12+,17+,25?/m1/s1. The summed E-state index contributed by atoms with van der Waals surface area (Å²) in [6.45, 7) is 4.61. The van der Waals surface area contributed by atoms with E-state index in [1.54, 1.807) is 6.92 Å². The minimum atomic E-state index is -1.33. The van der Waals surface area contributed by atoms with Gasteiger partial charge < -0.3 is 18.9 Å². The van der Waals surface area contributed by atoms with Crippen LogP contribution >= 0.6 is 0 Å². The lowest BCUT2D eigenvalue weighted by molar-refractivity contribution is -0.192. The molecule has 5 atom stereocenters. The summed E-state index contributed by atoms with van der Waals surface area (Å²) in [7, 11) is 0.0338.